The van der Waals surface area contributed by atoms with Gasteiger partial charge >= 0.3 is 0 Å². The Hall–Kier alpha value is -5.68. The molecule has 0 aliphatic heterocycles. The Morgan fingerprint density at radius 3 is 2.12 bits per heavy atom. The second-order valence-corrected chi connectivity index (χ2v) is 14.1. The van der Waals surface area contributed by atoms with Crippen molar-refractivity contribution >= 4 is 55.0 Å². The number of para-hydroxylation sites is 2. The Balaban J connectivity index is 1.35. The second kappa shape index (κ2) is 11.2. The monoisotopic (exact) mass is 657 g/mol. The topological polar surface area (TPSA) is 48.0 Å². The van der Waals surface area contributed by atoms with Gasteiger partial charge in [0.15, 0.2) is 16.6 Å². The Morgan fingerprint density at radius 1 is 0.700 bits per heavy atom. The van der Waals surface area contributed by atoms with E-state index in [1.165, 1.54) is 27.9 Å². The van der Waals surface area contributed by atoms with E-state index in [0.717, 1.165) is 55.1 Å². The van der Waals surface area contributed by atoms with Crippen LogP contribution in [-0.2, 0) is 7.05 Å². The maximum Gasteiger partial charge on any atom is 0.299 e. The number of hydrogen-bond acceptors (Lipinski definition) is 3. The van der Waals surface area contributed by atoms with E-state index >= 15 is 0 Å². The third kappa shape index (κ3) is 4.46. The van der Waals surface area contributed by atoms with Gasteiger partial charge in [0.1, 0.15) is 22.4 Å². The van der Waals surface area contributed by atoms with Crippen LogP contribution >= 0.6 is 0 Å². The lowest BCUT2D eigenvalue weighted by atomic mass is 9.88. The molecule has 0 aliphatic carbocycles. The normalized spacial score (nSPS) is 13.4. The second-order valence-electron chi connectivity index (χ2n) is 14.1. The Labute approximate surface area is 295 Å². The minimum absolute atomic E-state index is 0.0116. The molecule has 4 aromatic heterocycles. The van der Waals surface area contributed by atoms with E-state index in [-0.39, 0.29) is 17.5 Å². The molecule has 0 radical (unpaired) electrons. The van der Waals surface area contributed by atoms with E-state index in [9.17, 15) is 0 Å². The quantitative estimate of drug-likeness (QED) is 0.173. The van der Waals surface area contributed by atoms with Crippen LogP contribution in [0.3, 0.4) is 0 Å². The summed E-state index contributed by atoms with van der Waals surface area (Å²) in [5.74, 6) is 1.55. The van der Waals surface area contributed by atoms with Gasteiger partial charge in [-0.05, 0) is 84.8 Å². The number of aromatic nitrogens is 3. The maximum atomic E-state index is 7.82. The van der Waals surface area contributed by atoms with Gasteiger partial charge in [0.2, 0.25) is 5.71 Å². The summed E-state index contributed by atoms with van der Waals surface area (Å²) in [7, 11) is 2.15. The molecule has 5 heteroatoms. The first kappa shape index (κ1) is 27.2. The van der Waals surface area contributed by atoms with Crippen molar-refractivity contribution in [2.45, 2.75) is 53.3 Å². The first-order chi connectivity index (χ1) is 25.4. The molecule has 0 unspecified atom stereocenters. The van der Waals surface area contributed by atoms with Crippen LogP contribution in [0.1, 0.15) is 66.0 Å². The summed E-state index contributed by atoms with van der Waals surface area (Å²) in [5, 5.41) is 3.58. The Kier molecular flexibility index (Phi) is 6.07. The van der Waals surface area contributed by atoms with Crippen molar-refractivity contribution in [3.05, 3.63) is 126 Å². The minimum atomic E-state index is -2.32. The number of rotatable bonds is 5. The molecule has 246 valence electrons. The molecule has 9 rings (SSSR count). The molecule has 0 bridgehead atoms. The molecule has 0 saturated carbocycles. The zero-order valence-corrected chi connectivity index (χ0v) is 29.1. The number of fused-ring (bicyclic) bond motifs is 7. The SMILES string of the molecule is [2H]C([2H])([2H])c1ccc2c(n1)oc1cc3oc4c(-c5n(-c6c(C(C)C)cc(-c7ccccc7)cc6C(C)C)c6ccccc6[n+]5C)c(C)ccc4c3cc12. The van der Waals surface area contributed by atoms with Gasteiger partial charge in [-0.25, -0.2) is 9.55 Å². The molecule has 0 N–H and O–H groups in total. The van der Waals surface area contributed by atoms with Crippen molar-refractivity contribution in [2.75, 3.05) is 0 Å². The van der Waals surface area contributed by atoms with Gasteiger partial charge in [-0.2, -0.15) is 4.57 Å². The predicted molar refractivity (Wildman–Crippen MR) is 205 cm³/mol. The van der Waals surface area contributed by atoms with Crippen LogP contribution in [-0.4, -0.2) is 9.55 Å². The Bertz CT molecular complexity index is 2880. The fourth-order valence-electron chi connectivity index (χ4n) is 7.80. The fourth-order valence-corrected chi connectivity index (χ4v) is 7.80. The molecule has 0 saturated heterocycles. The highest BCUT2D eigenvalue weighted by Gasteiger charge is 2.34. The lowest BCUT2D eigenvalue weighted by Crippen LogP contribution is -2.30. The van der Waals surface area contributed by atoms with Crippen LogP contribution in [0.2, 0.25) is 0 Å². The summed E-state index contributed by atoms with van der Waals surface area (Å²) in [5.41, 5.74) is 13.0. The van der Waals surface area contributed by atoms with Crippen molar-refractivity contribution in [1.29, 1.82) is 0 Å². The van der Waals surface area contributed by atoms with Gasteiger partial charge in [-0.15, -0.1) is 0 Å². The highest BCUT2D eigenvalue weighted by molar-refractivity contribution is 6.16. The number of aryl methyl sites for hydroxylation is 3. The third-order valence-corrected chi connectivity index (χ3v) is 10.3. The van der Waals surface area contributed by atoms with Gasteiger partial charge < -0.3 is 8.83 Å². The van der Waals surface area contributed by atoms with Crippen molar-refractivity contribution < 1.29 is 17.5 Å². The van der Waals surface area contributed by atoms with Crippen LogP contribution < -0.4 is 4.57 Å². The molecule has 5 nitrogen and oxygen atoms in total. The summed E-state index contributed by atoms with van der Waals surface area (Å²) in [6.45, 7) is 8.98. The minimum Gasteiger partial charge on any atom is -0.455 e. The highest BCUT2D eigenvalue weighted by Crippen LogP contribution is 2.44. The van der Waals surface area contributed by atoms with E-state index in [4.69, 9.17) is 12.9 Å². The zero-order chi connectivity index (χ0) is 36.9. The molecule has 5 aromatic carbocycles. The lowest BCUT2D eigenvalue weighted by molar-refractivity contribution is -0.633. The average Bonchev–Trinajstić information content (AvgIpc) is 3.78. The largest absolute Gasteiger partial charge is 0.455 e. The van der Waals surface area contributed by atoms with Crippen molar-refractivity contribution in [2.24, 2.45) is 7.05 Å². The van der Waals surface area contributed by atoms with Gasteiger partial charge in [-0.3, -0.25) is 0 Å². The van der Waals surface area contributed by atoms with E-state index in [1.807, 2.05) is 6.07 Å². The van der Waals surface area contributed by atoms with Crippen LogP contribution in [0, 0.1) is 13.8 Å². The average molecular weight is 658 g/mol. The Morgan fingerprint density at radius 2 is 1.38 bits per heavy atom. The number of nitrogens with zero attached hydrogens (tertiary/aromatic N) is 3. The first-order valence-electron chi connectivity index (χ1n) is 18.8. The maximum absolute atomic E-state index is 7.82. The summed E-state index contributed by atoms with van der Waals surface area (Å²) in [4.78, 5) is 4.35. The van der Waals surface area contributed by atoms with E-state index in [1.54, 1.807) is 12.1 Å². The lowest BCUT2D eigenvalue weighted by Gasteiger charge is -2.21. The molecule has 50 heavy (non-hydrogen) atoms. The molecular formula is C45H40N3O2+. The van der Waals surface area contributed by atoms with Crippen molar-refractivity contribution in [3.63, 3.8) is 0 Å². The molecule has 4 heterocycles. The number of benzene rings is 5. The smallest absolute Gasteiger partial charge is 0.299 e. The predicted octanol–water partition coefficient (Wildman–Crippen LogP) is 11.8. The number of pyridine rings is 1. The summed E-state index contributed by atoms with van der Waals surface area (Å²) < 4.78 is 41.2. The first-order valence-corrected chi connectivity index (χ1v) is 17.3. The molecule has 0 atom stereocenters. The number of furan rings is 2. The standard InChI is InChI=1S/C45H40N3O2/c1-25(2)33-21-30(29-13-9-8-10-14-29)22-34(26(3)4)42(33)48-38-16-12-11-15-37(38)47(7)45(48)41-27(5)17-19-31-35-23-36-32-20-18-28(6)46-44(32)50-40(36)24-39(35)49-43(31)41/h8-26H,1-7H3/q+1/i6D3. The van der Waals surface area contributed by atoms with Gasteiger partial charge in [-0.1, -0.05) is 82.3 Å². The number of hydrogen-bond donors (Lipinski definition) is 0. The van der Waals surface area contributed by atoms with Gasteiger partial charge in [0.25, 0.3) is 5.82 Å². The summed E-state index contributed by atoms with van der Waals surface area (Å²) in [6.07, 6.45) is 0. The molecule has 0 spiro atoms. The van der Waals surface area contributed by atoms with Crippen LogP contribution in [0.25, 0.3) is 83.2 Å². The van der Waals surface area contributed by atoms with Crippen LogP contribution in [0.4, 0.5) is 0 Å². The molecule has 0 aliphatic rings. The molecule has 0 amide bonds. The van der Waals surface area contributed by atoms with Gasteiger partial charge in [0, 0.05) is 48.5 Å². The summed E-state index contributed by atoms with van der Waals surface area (Å²) in [6, 6.07) is 35.7. The summed E-state index contributed by atoms with van der Waals surface area (Å²) >= 11 is 0. The highest BCUT2D eigenvalue weighted by atomic mass is 16.3. The van der Waals surface area contributed by atoms with Crippen LogP contribution in [0.15, 0.2) is 112 Å². The molecule has 0 fully saturated rings. The fraction of sp³-hybridized carbons (Fsp3) is 0.200. The van der Waals surface area contributed by atoms with E-state index < -0.39 is 6.85 Å². The van der Waals surface area contributed by atoms with Gasteiger partial charge in [0.05, 0.1) is 7.05 Å². The van der Waals surface area contributed by atoms with Crippen molar-refractivity contribution in [3.8, 4) is 28.2 Å². The molecule has 9 aromatic rings. The van der Waals surface area contributed by atoms with E-state index in [2.05, 4.69) is 141 Å². The zero-order valence-electron chi connectivity index (χ0n) is 32.1. The van der Waals surface area contributed by atoms with Crippen LogP contribution in [0.5, 0.6) is 0 Å². The van der Waals surface area contributed by atoms with Crippen molar-refractivity contribution in [1.82, 2.24) is 9.55 Å². The third-order valence-electron chi connectivity index (χ3n) is 10.3. The van der Waals surface area contributed by atoms with E-state index in [0.29, 0.717) is 16.9 Å². The molecular weight excluding hydrogens is 615 g/mol. The number of imidazole rings is 1.